The molecule has 1 saturated heterocycles. The maximum absolute atomic E-state index is 10.9. The third kappa shape index (κ3) is 2.27. The third-order valence-corrected chi connectivity index (χ3v) is 1.91. The number of Topliss-reactive ketones (excluding diaryl/α,β-unsaturated/α-hetero) is 1. The van der Waals surface area contributed by atoms with Crippen molar-refractivity contribution in [3.05, 3.63) is 0 Å². The first kappa shape index (κ1) is 8.68. The molecular weight excluding hydrogens is 142 g/mol. The minimum Gasteiger partial charge on any atom is -0.372 e. The van der Waals surface area contributed by atoms with E-state index in [4.69, 9.17) is 4.74 Å². The van der Waals surface area contributed by atoms with Gasteiger partial charge < -0.3 is 10.1 Å². The van der Waals surface area contributed by atoms with Gasteiger partial charge in [0.1, 0.15) is 5.78 Å². The van der Waals surface area contributed by atoms with Crippen LogP contribution in [0.3, 0.4) is 0 Å². The molecule has 1 heterocycles. The van der Waals surface area contributed by atoms with Crippen LogP contribution >= 0.6 is 0 Å². The largest absolute Gasteiger partial charge is 0.372 e. The molecule has 0 aliphatic carbocycles. The third-order valence-electron chi connectivity index (χ3n) is 1.91. The van der Waals surface area contributed by atoms with E-state index in [1.54, 1.807) is 6.92 Å². The highest BCUT2D eigenvalue weighted by atomic mass is 16.5. The topological polar surface area (TPSA) is 38.3 Å². The van der Waals surface area contributed by atoms with Gasteiger partial charge in [0, 0.05) is 6.54 Å². The highest BCUT2D eigenvalue weighted by molar-refractivity contribution is 5.81. The fraction of sp³-hybridized carbons (Fsp3) is 0.875. The molecule has 1 aliphatic rings. The zero-order valence-electron chi connectivity index (χ0n) is 7.31. The molecule has 1 fully saturated rings. The summed E-state index contributed by atoms with van der Waals surface area (Å²) >= 11 is 0. The van der Waals surface area contributed by atoms with E-state index >= 15 is 0 Å². The van der Waals surface area contributed by atoms with Crippen molar-refractivity contribution < 1.29 is 9.53 Å². The first-order valence-corrected chi connectivity index (χ1v) is 3.89. The van der Waals surface area contributed by atoms with E-state index in [1.165, 1.54) is 0 Å². The van der Waals surface area contributed by atoms with Gasteiger partial charge in [-0.3, -0.25) is 4.79 Å². The first-order chi connectivity index (χ1) is 5.01. The lowest BCUT2D eigenvalue weighted by Crippen LogP contribution is -2.53. The van der Waals surface area contributed by atoms with E-state index in [2.05, 4.69) is 5.32 Å². The first-order valence-electron chi connectivity index (χ1n) is 3.89. The van der Waals surface area contributed by atoms with Gasteiger partial charge in [0.25, 0.3) is 0 Å². The van der Waals surface area contributed by atoms with E-state index in [9.17, 15) is 4.79 Å². The summed E-state index contributed by atoms with van der Waals surface area (Å²) < 4.78 is 5.46. The van der Waals surface area contributed by atoms with E-state index in [-0.39, 0.29) is 17.4 Å². The van der Waals surface area contributed by atoms with Gasteiger partial charge in [-0.15, -0.1) is 0 Å². The van der Waals surface area contributed by atoms with E-state index in [0.29, 0.717) is 6.61 Å². The van der Waals surface area contributed by atoms with Gasteiger partial charge in [-0.2, -0.15) is 0 Å². The van der Waals surface area contributed by atoms with Gasteiger partial charge >= 0.3 is 0 Å². The molecule has 64 valence electrons. The molecule has 1 N–H and O–H groups in total. The molecule has 0 aromatic carbocycles. The van der Waals surface area contributed by atoms with Crippen LogP contribution in [0.25, 0.3) is 0 Å². The molecule has 0 aromatic rings. The van der Waals surface area contributed by atoms with Crippen LogP contribution in [0.15, 0.2) is 0 Å². The maximum Gasteiger partial charge on any atom is 0.149 e. The Kier molecular flexibility index (Phi) is 2.30. The Morgan fingerprint density at radius 1 is 1.64 bits per heavy atom. The summed E-state index contributed by atoms with van der Waals surface area (Å²) in [6.07, 6.45) is 0. The molecule has 3 nitrogen and oxygen atoms in total. The Bertz CT molecular complexity index is 155. The van der Waals surface area contributed by atoms with Gasteiger partial charge in [-0.25, -0.2) is 0 Å². The second-order valence-corrected chi connectivity index (χ2v) is 3.61. The minimum atomic E-state index is -0.119. The molecule has 1 rings (SSSR count). The molecule has 0 radical (unpaired) electrons. The monoisotopic (exact) mass is 157 g/mol. The highest BCUT2D eigenvalue weighted by Crippen LogP contribution is 2.12. The van der Waals surface area contributed by atoms with Crippen LogP contribution in [0.1, 0.15) is 20.8 Å². The van der Waals surface area contributed by atoms with Gasteiger partial charge in [-0.1, -0.05) is 0 Å². The van der Waals surface area contributed by atoms with Crippen molar-refractivity contribution in [2.24, 2.45) is 0 Å². The summed E-state index contributed by atoms with van der Waals surface area (Å²) in [5.41, 5.74) is -0.119. The molecule has 0 aromatic heterocycles. The number of ketones is 1. The minimum absolute atomic E-state index is 0.0944. The molecule has 0 unspecified atom stereocenters. The van der Waals surface area contributed by atoms with Crippen LogP contribution in [-0.4, -0.2) is 30.6 Å². The van der Waals surface area contributed by atoms with Crippen LogP contribution in [0.4, 0.5) is 0 Å². The number of nitrogens with one attached hydrogen (secondary N) is 1. The Balaban J connectivity index is 2.42. The number of hydrogen-bond acceptors (Lipinski definition) is 3. The zero-order chi connectivity index (χ0) is 8.48. The van der Waals surface area contributed by atoms with Crippen molar-refractivity contribution in [3.8, 4) is 0 Å². The van der Waals surface area contributed by atoms with Crippen molar-refractivity contribution in [1.29, 1.82) is 0 Å². The average molecular weight is 157 g/mol. The quantitative estimate of drug-likeness (QED) is 0.596. The molecule has 0 bridgehead atoms. The van der Waals surface area contributed by atoms with Gasteiger partial charge in [0.2, 0.25) is 0 Å². The normalized spacial score (nSPS) is 29.9. The number of carbonyl (C=O) groups is 1. The number of carbonyl (C=O) groups excluding carboxylic acids is 1. The molecular formula is C8H15NO2. The number of ether oxygens (including phenoxy) is 1. The molecule has 0 spiro atoms. The Morgan fingerprint density at radius 3 is 2.64 bits per heavy atom. The Morgan fingerprint density at radius 2 is 2.27 bits per heavy atom. The second kappa shape index (κ2) is 2.91. The van der Waals surface area contributed by atoms with E-state index < -0.39 is 0 Å². The lowest BCUT2D eigenvalue weighted by molar-refractivity contribution is -0.126. The van der Waals surface area contributed by atoms with Crippen molar-refractivity contribution in [2.45, 2.75) is 32.4 Å². The van der Waals surface area contributed by atoms with Gasteiger partial charge in [0.05, 0.1) is 18.2 Å². The molecule has 11 heavy (non-hydrogen) atoms. The summed E-state index contributed by atoms with van der Waals surface area (Å²) in [4.78, 5) is 10.9. The summed E-state index contributed by atoms with van der Waals surface area (Å²) in [6.45, 7) is 6.85. The fourth-order valence-electron chi connectivity index (χ4n) is 1.05. The number of hydrogen-bond donors (Lipinski definition) is 1. The Labute approximate surface area is 67.1 Å². The standard InChI is InChI=1S/C8H15NO2/c1-6(10)7-4-11-8(2,3)5-9-7/h7,9H,4-5H2,1-3H3/t7-/m0/s1. The summed E-state index contributed by atoms with van der Waals surface area (Å²) in [5, 5.41) is 3.13. The van der Waals surface area contributed by atoms with Crippen LogP contribution < -0.4 is 5.32 Å². The predicted octanol–water partition coefficient (Wildman–Crippen LogP) is 0.342. The van der Waals surface area contributed by atoms with E-state index in [0.717, 1.165) is 6.54 Å². The van der Waals surface area contributed by atoms with Gasteiger partial charge in [-0.05, 0) is 20.8 Å². The van der Waals surface area contributed by atoms with Crippen molar-refractivity contribution in [3.63, 3.8) is 0 Å². The van der Waals surface area contributed by atoms with Crippen LogP contribution in [0.2, 0.25) is 0 Å². The SMILES string of the molecule is CC(=O)[C@@H]1COC(C)(C)CN1. The lowest BCUT2D eigenvalue weighted by atomic mass is 10.1. The Hall–Kier alpha value is -0.410. The van der Waals surface area contributed by atoms with Crippen LogP contribution in [0, 0.1) is 0 Å². The van der Waals surface area contributed by atoms with Crippen LogP contribution in [-0.2, 0) is 9.53 Å². The van der Waals surface area contributed by atoms with Gasteiger partial charge in [0.15, 0.2) is 0 Å². The fourth-order valence-corrected chi connectivity index (χ4v) is 1.05. The highest BCUT2D eigenvalue weighted by Gasteiger charge is 2.28. The molecule has 0 amide bonds. The van der Waals surface area contributed by atoms with E-state index in [1.807, 2.05) is 13.8 Å². The molecule has 3 heteroatoms. The van der Waals surface area contributed by atoms with Crippen molar-refractivity contribution in [1.82, 2.24) is 5.32 Å². The van der Waals surface area contributed by atoms with Crippen molar-refractivity contribution >= 4 is 5.78 Å². The zero-order valence-corrected chi connectivity index (χ0v) is 7.31. The second-order valence-electron chi connectivity index (χ2n) is 3.61. The average Bonchev–Trinajstić information content (AvgIpc) is 1.86. The molecule has 1 atom stereocenters. The smallest absolute Gasteiger partial charge is 0.149 e. The lowest BCUT2D eigenvalue weighted by Gasteiger charge is -2.34. The van der Waals surface area contributed by atoms with Crippen LogP contribution in [0.5, 0.6) is 0 Å². The van der Waals surface area contributed by atoms with Crippen molar-refractivity contribution in [2.75, 3.05) is 13.2 Å². The predicted molar refractivity (Wildman–Crippen MR) is 42.5 cm³/mol. The summed E-state index contributed by atoms with van der Waals surface area (Å²) in [6, 6.07) is -0.0944. The summed E-state index contributed by atoms with van der Waals surface area (Å²) in [7, 11) is 0. The number of rotatable bonds is 1. The summed E-state index contributed by atoms with van der Waals surface area (Å²) in [5.74, 6) is 0.153. The maximum atomic E-state index is 10.9. The molecule has 1 aliphatic heterocycles. The molecule has 0 saturated carbocycles. The number of morpholine rings is 1.